The standard InChI is InChI=1S/C26H30N4O6/c1-26(2,3)36-25(35)28-16-22(32)27-15-17-9-4-7-12-20(17)29-21(31)13-8-14-30-23(33)18-10-5-6-11-19(18)24(30)34/h4-7,9-12H,8,13-16H2,1-3H3,(H,27,32)(H,28,35)(H,29,31). The molecule has 0 aromatic heterocycles. The molecule has 0 saturated carbocycles. The number of benzene rings is 2. The van der Waals surface area contributed by atoms with Gasteiger partial charge in [-0.25, -0.2) is 4.79 Å². The van der Waals surface area contributed by atoms with E-state index < -0.39 is 17.6 Å². The van der Waals surface area contributed by atoms with Crippen LogP contribution >= 0.6 is 0 Å². The lowest BCUT2D eigenvalue weighted by Crippen LogP contribution is -2.39. The Hall–Kier alpha value is -4.21. The third-order valence-corrected chi connectivity index (χ3v) is 5.22. The summed E-state index contributed by atoms with van der Waals surface area (Å²) in [6.45, 7) is 5.21. The van der Waals surface area contributed by atoms with E-state index in [1.807, 2.05) is 0 Å². The van der Waals surface area contributed by atoms with Crippen molar-refractivity contribution < 1.29 is 28.7 Å². The van der Waals surface area contributed by atoms with E-state index in [-0.39, 0.29) is 43.8 Å². The van der Waals surface area contributed by atoms with Crippen molar-refractivity contribution in [3.63, 3.8) is 0 Å². The number of ether oxygens (including phenoxy) is 1. The van der Waals surface area contributed by atoms with Crippen LogP contribution < -0.4 is 16.0 Å². The molecule has 1 aliphatic rings. The number of fused-ring (bicyclic) bond motifs is 1. The number of anilines is 1. The van der Waals surface area contributed by atoms with Gasteiger partial charge in [-0.3, -0.25) is 24.1 Å². The molecule has 2 aromatic rings. The first-order valence-electron chi connectivity index (χ1n) is 11.6. The predicted molar refractivity (Wildman–Crippen MR) is 132 cm³/mol. The Bertz CT molecular complexity index is 1140. The Morgan fingerprint density at radius 1 is 0.861 bits per heavy atom. The van der Waals surface area contributed by atoms with Crippen LogP contribution in [0, 0.1) is 0 Å². The number of rotatable bonds is 9. The monoisotopic (exact) mass is 494 g/mol. The summed E-state index contributed by atoms with van der Waals surface area (Å²) in [4.78, 5) is 62.3. The van der Waals surface area contributed by atoms with Gasteiger partial charge in [0.2, 0.25) is 11.8 Å². The van der Waals surface area contributed by atoms with E-state index in [4.69, 9.17) is 4.74 Å². The number of nitrogens with zero attached hydrogens (tertiary/aromatic N) is 1. The largest absolute Gasteiger partial charge is 0.444 e. The number of para-hydroxylation sites is 1. The number of carbonyl (C=O) groups is 5. The van der Waals surface area contributed by atoms with Crippen molar-refractivity contribution in [2.75, 3.05) is 18.4 Å². The lowest BCUT2D eigenvalue weighted by atomic mass is 10.1. The minimum absolute atomic E-state index is 0.105. The first kappa shape index (κ1) is 26.4. The molecule has 0 atom stereocenters. The molecule has 10 nitrogen and oxygen atoms in total. The Morgan fingerprint density at radius 3 is 2.11 bits per heavy atom. The zero-order valence-corrected chi connectivity index (χ0v) is 20.6. The number of nitrogens with one attached hydrogen (secondary N) is 3. The second kappa shape index (κ2) is 11.5. The van der Waals surface area contributed by atoms with E-state index in [0.717, 1.165) is 4.90 Å². The maximum Gasteiger partial charge on any atom is 0.408 e. The van der Waals surface area contributed by atoms with Crippen LogP contribution in [0.4, 0.5) is 10.5 Å². The lowest BCUT2D eigenvalue weighted by molar-refractivity contribution is -0.120. The predicted octanol–water partition coefficient (Wildman–Crippen LogP) is 2.84. The van der Waals surface area contributed by atoms with Crippen molar-refractivity contribution in [3.8, 4) is 0 Å². The molecule has 0 spiro atoms. The van der Waals surface area contributed by atoms with Gasteiger partial charge < -0.3 is 20.7 Å². The molecule has 2 aromatic carbocycles. The number of carbonyl (C=O) groups excluding carboxylic acids is 5. The van der Waals surface area contributed by atoms with Gasteiger partial charge in [0, 0.05) is 25.2 Å². The summed E-state index contributed by atoms with van der Waals surface area (Å²) in [5, 5.41) is 7.88. The fourth-order valence-corrected chi connectivity index (χ4v) is 3.57. The van der Waals surface area contributed by atoms with Gasteiger partial charge >= 0.3 is 6.09 Å². The highest BCUT2D eigenvalue weighted by molar-refractivity contribution is 6.21. The van der Waals surface area contributed by atoms with Crippen molar-refractivity contribution in [1.82, 2.24) is 15.5 Å². The van der Waals surface area contributed by atoms with Crippen molar-refractivity contribution in [2.45, 2.75) is 45.8 Å². The highest BCUT2D eigenvalue weighted by Gasteiger charge is 2.34. The van der Waals surface area contributed by atoms with Gasteiger partial charge in [-0.2, -0.15) is 0 Å². The van der Waals surface area contributed by atoms with Crippen molar-refractivity contribution in [3.05, 3.63) is 65.2 Å². The molecule has 10 heteroatoms. The number of amides is 5. The summed E-state index contributed by atoms with van der Waals surface area (Å²) in [5.41, 5.74) is 1.30. The molecule has 0 unspecified atom stereocenters. The van der Waals surface area contributed by atoms with Gasteiger partial charge in [0.1, 0.15) is 12.1 Å². The normalized spacial score (nSPS) is 12.7. The summed E-state index contributed by atoms with van der Waals surface area (Å²) in [6, 6.07) is 13.6. The van der Waals surface area contributed by atoms with Crippen molar-refractivity contribution in [1.29, 1.82) is 0 Å². The summed E-state index contributed by atoms with van der Waals surface area (Å²) >= 11 is 0. The molecule has 3 rings (SSSR count). The van der Waals surface area contributed by atoms with Crippen LogP contribution in [0.15, 0.2) is 48.5 Å². The molecule has 0 fully saturated rings. The molecule has 0 radical (unpaired) electrons. The summed E-state index contributed by atoms with van der Waals surface area (Å²) in [6.07, 6.45) is -0.271. The SMILES string of the molecule is CC(C)(C)OC(=O)NCC(=O)NCc1ccccc1NC(=O)CCCN1C(=O)c2ccccc2C1=O. The van der Waals surface area contributed by atoms with E-state index in [0.29, 0.717) is 28.8 Å². The Morgan fingerprint density at radius 2 is 1.47 bits per heavy atom. The van der Waals surface area contributed by atoms with Gasteiger partial charge in [-0.15, -0.1) is 0 Å². The van der Waals surface area contributed by atoms with Gasteiger partial charge in [-0.05, 0) is 51.0 Å². The van der Waals surface area contributed by atoms with Crippen molar-refractivity contribution in [2.24, 2.45) is 0 Å². The zero-order chi connectivity index (χ0) is 26.3. The number of alkyl carbamates (subject to hydrolysis) is 1. The second-order valence-electron chi connectivity index (χ2n) is 9.25. The quantitative estimate of drug-likeness (QED) is 0.459. The minimum atomic E-state index is -0.688. The zero-order valence-electron chi connectivity index (χ0n) is 20.6. The molecular formula is C26H30N4O6. The van der Waals surface area contributed by atoms with Gasteiger partial charge in [-0.1, -0.05) is 30.3 Å². The van der Waals surface area contributed by atoms with Crippen LogP contribution in [0.1, 0.15) is 59.9 Å². The van der Waals surface area contributed by atoms with Crippen LogP contribution in [0.5, 0.6) is 0 Å². The topological polar surface area (TPSA) is 134 Å². The van der Waals surface area contributed by atoms with Crippen LogP contribution in [-0.2, 0) is 20.9 Å². The average Bonchev–Trinajstić information content (AvgIpc) is 3.06. The first-order valence-corrected chi connectivity index (χ1v) is 11.6. The smallest absolute Gasteiger partial charge is 0.408 e. The first-order chi connectivity index (χ1) is 17.0. The molecule has 0 saturated heterocycles. The van der Waals surface area contributed by atoms with Crippen molar-refractivity contribution >= 4 is 35.4 Å². The van der Waals surface area contributed by atoms with Crippen LogP contribution in [-0.4, -0.2) is 53.3 Å². The summed E-state index contributed by atoms with van der Waals surface area (Å²) in [5.74, 6) is -1.39. The average molecular weight is 495 g/mol. The second-order valence-corrected chi connectivity index (χ2v) is 9.25. The summed E-state index contributed by atoms with van der Waals surface area (Å²) < 4.78 is 5.09. The third kappa shape index (κ3) is 7.14. The highest BCUT2D eigenvalue weighted by Crippen LogP contribution is 2.23. The van der Waals surface area contributed by atoms with Crippen LogP contribution in [0.25, 0.3) is 0 Å². The molecule has 1 aliphatic heterocycles. The highest BCUT2D eigenvalue weighted by atomic mass is 16.6. The Kier molecular flexibility index (Phi) is 8.42. The molecular weight excluding hydrogens is 464 g/mol. The van der Waals surface area contributed by atoms with Gasteiger partial charge in [0.05, 0.1) is 11.1 Å². The molecule has 5 amide bonds. The van der Waals surface area contributed by atoms with E-state index >= 15 is 0 Å². The lowest BCUT2D eigenvalue weighted by Gasteiger charge is -2.19. The minimum Gasteiger partial charge on any atom is -0.444 e. The maximum atomic E-state index is 12.5. The van der Waals surface area contributed by atoms with E-state index in [1.165, 1.54) is 0 Å². The molecule has 36 heavy (non-hydrogen) atoms. The number of imide groups is 1. The Labute approximate surface area is 209 Å². The fourth-order valence-electron chi connectivity index (χ4n) is 3.57. The van der Waals surface area contributed by atoms with Gasteiger partial charge in [0.25, 0.3) is 11.8 Å². The van der Waals surface area contributed by atoms with E-state index in [1.54, 1.807) is 69.3 Å². The van der Waals surface area contributed by atoms with E-state index in [2.05, 4.69) is 16.0 Å². The number of hydrogen-bond donors (Lipinski definition) is 3. The van der Waals surface area contributed by atoms with Crippen LogP contribution in [0.2, 0.25) is 0 Å². The molecule has 0 aliphatic carbocycles. The molecule has 190 valence electrons. The molecule has 3 N–H and O–H groups in total. The van der Waals surface area contributed by atoms with Crippen LogP contribution in [0.3, 0.4) is 0 Å². The Balaban J connectivity index is 1.44. The van der Waals surface area contributed by atoms with Gasteiger partial charge in [0.15, 0.2) is 0 Å². The summed E-state index contributed by atoms with van der Waals surface area (Å²) in [7, 11) is 0. The third-order valence-electron chi connectivity index (χ3n) is 5.22. The fraction of sp³-hybridized carbons (Fsp3) is 0.346. The maximum absolute atomic E-state index is 12.5. The molecule has 0 bridgehead atoms. The molecule has 1 heterocycles. The van der Waals surface area contributed by atoms with E-state index in [9.17, 15) is 24.0 Å². The number of hydrogen-bond acceptors (Lipinski definition) is 6.